The van der Waals surface area contributed by atoms with Gasteiger partial charge in [0.05, 0.1) is 5.69 Å². The van der Waals surface area contributed by atoms with Crippen molar-refractivity contribution in [1.29, 1.82) is 0 Å². The van der Waals surface area contributed by atoms with E-state index in [-0.39, 0.29) is 12.7 Å². The number of hydrogen-bond donors (Lipinski definition) is 1. The van der Waals surface area contributed by atoms with E-state index in [1.165, 1.54) is 0 Å². The summed E-state index contributed by atoms with van der Waals surface area (Å²) in [4.78, 5) is 24.4. The summed E-state index contributed by atoms with van der Waals surface area (Å²) in [5, 5.41) is 10.1. The lowest BCUT2D eigenvalue weighted by molar-refractivity contribution is 0.0738. The number of rotatable bonds is 8. The van der Waals surface area contributed by atoms with Crippen molar-refractivity contribution in [3.63, 3.8) is 0 Å². The average Bonchev–Trinajstić information content (AvgIpc) is 2.67. The molecule has 0 radical (unpaired) electrons. The van der Waals surface area contributed by atoms with E-state index in [9.17, 15) is 9.90 Å². The van der Waals surface area contributed by atoms with Gasteiger partial charge in [0, 0.05) is 32.9 Å². The molecule has 0 aliphatic carbocycles. The number of aromatic nitrogens is 2. The number of carbonyl (C=O) groups is 1. The van der Waals surface area contributed by atoms with Gasteiger partial charge in [-0.05, 0) is 32.4 Å². The highest BCUT2D eigenvalue weighted by Gasteiger charge is 2.20. The number of carbonyl (C=O) groups excluding carboxylic acids is 1. The summed E-state index contributed by atoms with van der Waals surface area (Å²) in [5.41, 5.74) is 0.472. The Kier molecular flexibility index (Phi) is 7.12. The first-order chi connectivity index (χ1) is 12.8. The topological polar surface area (TPSA) is 78.8 Å². The maximum atomic E-state index is 12.3. The second-order valence-corrected chi connectivity index (χ2v) is 6.84. The maximum absolute atomic E-state index is 12.3. The van der Waals surface area contributed by atoms with Crippen LogP contribution in [0.1, 0.15) is 32.0 Å². The quantitative estimate of drug-likeness (QED) is 0.768. The highest BCUT2D eigenvalue weighted by atomic mass is 16.6. The molecule has 1 amide bonds. The van der Waals surface area contributed by atoms with Crippen molar-refractivity contribution in [2.45, 2.75) is 33.0 Å². The van der Waals surface area contributed by atoms with Gasteiger partial charge >= 0.3 is 6.09 Å². The predicted molar refractivity (Wildman–Crippen MR) is 104 cm³/mol. The van der Waals surface area contributed by atoms with Crippen molar-refractivity contribution < 1.29 is 14.6 Å². The molecule has 0 bridgehead atoms. The summed E-state index contributed by atoms with van der Waals surface area (Å²) >= 11 is 0. The summed E-state index contributed by atoms with van der Waals surface area (Å²) in [6, 6.07) is 11.3. The summed E-state index contributed by atoms with van der Waals surface area (Å²) in [6.45, 7) is 7.10. The Balaban J connectivity index is 1.90. The lowest BCUT2D eigenvalue weighted by atomic mass is 10.1. The van der Waals surface area contributed by atoms with Crippen molar-refractivity contribution in [2.75, 3.05) is 31.6 Å². The molecule has 1 aromatic carbocycles. The summed E-state index contributed by atoms with van der Waals surface area (Å²) < 4.78 is 5.39. The molecule has 0 fully saturated rings. The van der Waals surface area contributed by atoms with Gasteiger partial charge in [0.25, 0.3) is 0 Å². The van der Waals surface area contributed by atoms with Gasteiger partial charge in [-0.15, -0.1) is 0 Å². The minimum Gasteiger partial charge on any atom is -0.445 e. The third-order valence-corrected chi connectivity index (χ3v) is 4.16. The Morgan fingerprint density at radius 1 is 1.19 bits per heavy atom. The molecule has 0 unspecified atom stereocenters. The van der Waals surface area contributed by atoms with E-state index in [2.05, 4.69) is 9.97 Å². The van der Waals surface area contributed by atoms with Crippen LogP contribution in [0.5, 0.6) is 0 Å². The van der Waals surface area contributed by atoms with Crippen molar-refractivity contribution >= 4 is 12.0 Å². The van der Waals surface area contributed by atoms with Crippen molar-refractivity contribution in [1.82, 2.24) is 14.9 Å². The Morgan fingerprint density at radius 3 is 2.52 bits per heavy atom. The van der Waals surface area contributed by atoms with E-state index in [4.69, 9.17) is 4.74 Å². The van der Waals surface area contributed by atoms with Crippen LogP contribution in [0, 0.1) is 0 Å². The third kappa shape index (κ3) is 6.21. The molecule has 0 aliphatic heterocycles. The number of nitrogens with zero attached hydrogens (tertiary/aromatic N) is 4. The molecular weight excluding hydrogens is 344 g/mol. The molecule has 2 aromatic rings. The average molecular weight is 372 g/mol. The fourth-order valence-electron chi connectivity index (χ4n) is 2.43. The monoisotopic (exact) mass is 372 g/mol. The standard InChI is InChI=1S/C20H28N4O3/c1-5-24(19(25)27-15-16-9-7-6-8-10-16)14-13-23(4)18-21-12-11-17(22-18)20(2,3)26/h6-12,26H,5,13-15H2,1-4H3. The van der Waals surface area contributed by atoms with E-state index >= 15 is 0 Å². The van der Waals surface area contributed by atoms with Crippen LogP contribution in [0.25, 0.3) is 0 Å². The Bertz CT molecular complexity index is 732. The minimum atomic E-state index is -1.03. The molecule has 1 heterocycles. The lowest BCUT2D eigenvalue weighted by Crippen LogP contribution is -2.38. The van der Waals surface area contributed by atoms with Gasteiger partial charge in [0.1, 0.15) is 12.2 Å². The smallest absolute Gasteiger partial charge is 0.410 e. The Labute approximate surface area is 160 Å². The van der Waals surface area contributed by atoms with Gasteiger partial charge in [0.15, 0.2) is 0 Å². The van der Waals surface area contributed by atoms with Gasteiger partial charge in [0.2, 0.25) is 5.95 Å². The van der Waals surface area contributed by atoms with E-state index < -0.39 is 5.60 Å². The first-order valence-corrected chi connectivity index (χ1v) is 9.04. The van der Waals surface area contributed by atoms with Crippen LogP contribution in [0.3, 0.4) is 0 Å². The fourth-order valence-corrected chi connectivity index (χ4v) is 2.43. The summed E-state index contributed by atoms with van der Waals surface area (Å²) in [5.74, 6) is 0.503. The SMILES string of the molecule is CCN(CCN(C)c1nccc(C(C)(C)O)n1)C(=O)OCc1ccccc1. The van der Waals surface area contributed by atoms with Crippen molar-refractivity contribution in [3.05, 3.63) is 53.9 Å². The van der Waals surface area contributed by atoms with Crippen molar-refractivity contribution in [3.8, 4) is 0 Å². The Morgan fingerprint density at radius 2 is 1.89 bits per heavy atom. The second-order valence-electron chi connectivity index (χ2n) is 6.84. The fraction of sp³-hybridized carbons (Fsp3) is 0.450. The summed E-state index contributed by atoms with van der Waals surface area (Å²) in [7, 11) is 1.85. The zero-order valence-electron chi connectivity index (χ0n) is 16.4. The number of aliphatic hydroxyl groups is 1. The number of hydrogen-bond acceptors (Lipinski definition) is 6. The highest BCUT2D eigenvalue weighted by molar-refractivity contribution is 5.67. The van der Waals surface area contributed by atoms with Crippen LogP contribution in [0.4, 0.5) is 10.7 Å². The highest BCUT2D eigenvalue weighted by Crippen LogP contribution is 2.18. The van der Waals surface area contributed by atoms with Gasteiger partial charge in [-0.3, -0.25) is 0 Å². The van der Waals surface area contributed by atoms with E-state index in [1.54, 1.807) is 31.0 Å². The molecule has 27 heavy (non-hydrogen) atoms. The number of ether oxygens (including phenoxy) is 1. The van der Waals surface area contributed by atoms with Crippen LogP contribution >= 0.6 is 0 Å². The van der Waals surface area contributed by atoms with Gasteiger partial charge in [-0.25, -0.2) is 14.8 Å². The lowest BCUT2D eigenvalue weighted by Gasteiger charge is -2.25. The predicted octanol–water partition coefficient (Wildman–Crippen LogP) is 2.80. The molecule has 0 saturated carbocycles. The zero-order valence-corrected chi connectivity index (χ0v) is 16.4. The largest absolute Gasteiger partial charge is 0.445 e. The van der Waals surface area contributed by atoms with E-state index in [1.807, 2.05) is 49.2 Å². The number of benzene rings is 1. The molecule has 1 aromatic heterocycles. The number of anilines is 1. The van der Waals surface area contributed by atoms with Crippen LogP contribution in [-0.4, -0.2) is 52.7 Å². The second kappa shape index (κ2) is 9.32. The van der Waals surface area contributed by atoms with Crippen molar-refractivity contribution in [2.24, 2.45) is 0 Å². The zero-order chi connectivity index (χ0) is 19.9. The molecule has 7 heteroatoms. The normalized spacial score (nSPS) is 11.1. The molecule has 0 atom stereocenters. The molecule has 0 spiro atoms. The molecule has 0 aliphatic rings. The van der Waals surface area contributed by atoms with Crippen LogP contribution in [-0.2, 0) is 16.9 Å². The van der Waals surface area contributed by atoms with Gasteiger partial charge in [-0.1, -0.05) is 30.3 Å². The van der Waals surface area contributed by atoms with Crippen LogP contribution < -0.4 is 4.90 Å². The molecular formula is C20H28N4O3. The first kappa shape index (κ1) is 20.6. The first-order valence-electron chi connectivity index (χ1n) is 9.04. The van der Waals surface area contributed by atoms with Crippen LogP contribution in [0.15, 0.2) is 42.6 Å². The van der Waals surface area contributed by atoms with E-state index in [0.29, 0.717) is 31.3 Å². The molecule has 0 saturated heterocycles. The molecule has 7 nitrogen and oxygen atoms in total. The number of likely N-dealkylation sites (N-methyl/N-ethyl adjacent to an activating group) is 2. The molecule has 146 valence electrons. The van der Waals surface area contributed by atoms with Gasteiger partial charge < -0.3 is 19.6 Å². The van der Waals surface area contributed by atoms with Crippen LogP contribution in [0.2, 0.25) is 0 Å². The maximum Gasteiger partial charge on any atom is 0.410 e. The summed E-state index contributed by atoms with van der Waals surface area (Å²) in [6.07, 6.45) is 1.28. The molecule has 2 rings (SSSR count). The van der Waals surface area contributed by atoms with E-state index in [0.717, 1.165) is 5.56 Å². The molecule has 1 N–H and O–H groups in total. The third-order valence-electron chi connectivity index (χ3n) is 4.16. The van der Waals surface area contributed by atoms with Gasteiger partial charge in [-0.2, -0.15) is 0 Å². The Hall–Kier alpha value is -2.67. The number of amides is 1. The minimum absolute atomic E-state index is 0.253.